The van der Waals surface area contributed by atoms with Crippen LogP contribution in [0, 0.1) is 19.7 Å². The zero-order chi connectivity index (χ0) is 19.6. The number of methoxy groups -OCH3 is 1. The molecule has 0 radical (unpaired) electrons. The van der Waals surface area contributed by atoms with Gasteiger partial charge in [0.15, 0.2) is 11.6 Å². The second-order valence-electron chi connectivity index (χ2n) is 6.05. The molecule has 144 valence electrons. The highest BCUT2D eigenvalue weighted by molar-refractivity contribution is 7.89. The molecule has 0 bridgehead atoms. The van der Waals surface area contributed by atoms with Gasteiger partial charge in [-0.25, -0.2) is 17.5 Å². The van der Waals surface area contributed by atoms with Gasteiger partial charge < -0.3 is 4.74 Å². The number of benzene rings is 1. The van der Waals surface area contributed by atoms with Crippen LogP contribution in [0.5, 0.6) is 5.75 Å². The van der Waals surface area contributed by atoms with Gasteiger partial charge in [-0.2, -0.15) is 5.10 Å². The lowest BCUT2D eigenvalue weighted by Gasteiger charge is -2.19. The maximum absolute atomic E-state index is 13.9. The molecular weight excluding hydrogens is 389 g/mol. The minimum atomic E-state index is -3.89. The summed E-state index contributed by atoms with van der Waals surface area (Å²) >= 11 is 1.53. The van der Waals surface area contributed by atoms with Gasteiger partial charge in [-0.15, -0.1) is 11.3 Å². The van der Waals surface area contributed by atoms with Gasteiger partial charge in [-0.05, 0) is 49.6 Å². The molecule has 0 fully saturated rings. The average Bonchev–Trinajstić information content (AvgIpc) is 3.25. The summed E-state index contributed by atoms with van der Waals surface area (Å²) < 4.78 is 48.4. The highest BCUT2D eigenvalue weighted by atomic mass is 32.2. The van der Waals surface area contributed by atoms with Gasteiger partial charge in [0.25, 0.3) is 0 Å². The molecule has 1 unspecified atom stereocenters. The second-order valence-corrected chi connectivity index (χ2v) is 8.80. The minimum Gasteiger partial charge on any atom is -0.494 e. The quantitative estimate of drug-likeness (QED) is 0.650. The number of nitrogens with one attached hydrogen (secondary N) is 1. The highest BCUT2D eigenvalue weighted by Crippen LogP contribution is 2.25. The van der Waals surface area contributed by atoms with Crippen LogP contribution < -0.4 is 9.46 Å². The Hall–Kier alpha value is -2.23. The fraction of sp³-hybridized carbons (Fsp3) is 0.278. The lowest BCUT2D eigenvalue weighted by Crippen LogP contribution is -2.32. The first kappa shape index (κ1) is 19.5. The maximum Gasteiger partial charge on any atom is 0.240 e. The van der Waals surface area contributed by atoms with Crippen molar-refractivity contribution in [3.05, 3.63) is 63.9 Å². The number of hydrogen-bond donors (Lipinski definition) is 1. The number of rotatable bonds is 7. The fourth-order valence-electron chi connectivity index (χ4n) is 2.84. The van der Waals surface area contributed by atoms with Gasteiger partial charge in [0, 0.05) is 17.1 Å². The molecule has 0 amide bonds. The van der Waals surface area contributed by atoms with Crippen LogP contribution in [0.3, 0.4) is 0 Å². The number of ether oxygens (including phenoxy) is 1. The zero-order valence-electron chi connectivity index (χ0n) is 15.1. The Morgan fingerprint density at radius 2 is 2.07 bits per heavy atom. The first-order chi connectivity index (χ1) is 12.8. The molecule has 1 N–H and O–H groups in total. The third-order valence-electron chi connectivity index (χ3n) is 4.11. The largest absolute Gasteiger partial charge is 0.494 e. The highest BCUT2D eigenvalue weighted by Gasteiger charge is 2.23. The Morgan fingerprint density at radius 1 is 1.30 bits per heavy atom. The predicted molar refractivity (Wildman–Crippen MR) is 102 cm³/mol. The van der Waals surface area contributed by atoms with E-state index in [0.29, 0.717) is 0 Å². The smallest absolute Gasteiger partial charge is 0.240 e. The van der Waals surface area contributed by atoms with Crippen molar-refractivity contribution in [1.29, 1.82) is 0 Å². The Bertz CT molecular complexity index is 1030. The summed E-state index contributed by atoms with van der Waals surface area (Å²) in [6.45, 7) is 3.91. The van der Waals surface area contributed by atoms with Crippen molar-refractivity contribution in [3.8, 4) is 5.75 Å². The third kappa shape index (κ3) is 4.20. The van der Waals surface area contributed by atoms with Crippen LogP contribution in [0.2, 0.25) is 0 Å². The molecule has 6 nitrogen and oxygen atoms in total. The number of aryl methyl sites for hydroxylation is 2. The summed E-state index contributed by atoms with van der Waals surface area (Å²) in [5, 5.41) is 6.42. The van der Waals surface area contributed by atoms with Crippen LogP contribution in [0.25, 0.3) is 0 Å². The van der Waals surface area contributed by atoms with E-state index < -0.39 is 15.8 Å². The zero-order valence-corrected chi connectivity index (χ0v) is 16.8. The van der Waals surface area contributed by atoms with E-state index in [-0.39, 0.29) is 23.2 Å². The summed E-state index contributed by atoms with van der Waals surface area (Å²) in [4.78, 5) is 0.823. The van der Waals surface area contributed by atoms with Crippen molar-refractivity contribution >= 4 is 21.4 Å². The number of nitrogens with zero attached hydrogens (tertiary/aromatic N) is 2. The standard InChI is InChI=1S/C18H20FN3O3S2/c1-12-9-13(2)22(21-12)16(18-5-4-8-26-18)11-20-27(23,24)14-6-7-17(25-3)15(19)10-14/h4-10,16,20H,11H2,1-3H3. The first-order valence-electron chi connectivity index (χ1n) is 8.21. The summed E-state index contributed by atoms with van der Waals surface area (Å²) in [6.07, 6.45) is 0. The number of sulfonamides is 1. The van der Waals surface area contributed by atoms with Gasteiger partial charge >= 0.3 is 0 Å². The van der Waals surface area contributed by atoms with E-state index in [4.69, 9.17) is 4.74 Å². The minimum absolute atomic E-state index is 0.00643. The normalized spacial score (nSPS) is 12.9. The summed E-state index contributed by atoms with van der Waals surface area (Å²) in [7, 11) is -2.57. The lowest BCUT2D eigenvalue weighted by molar-refractivity contribution is 0.385. The molecule has 2 aromatic heterocycles. The summed E-state index contributed by atoms with van der Waals surface area (Å²) in [6, 6.07) is 9.05. The molecule has 2 heterocycles. The first-order valence-corrected chi connectivity index (χ1v) is 10.6. The van der Waals surface area contributed by atoms with Gasteiger partial charge in [0.2, 0.25) is 10.0 Å². The summed E-state index contributed by atoms with van der Waals surface area (Å²) in [5.74, 6) is -0.734. The van der Waals surface area contributed by atoms with Gasteiger partial charge in [0.1, 0.15) is 0 Å². The lowest BCUT2D eigenvalue weighted by atomic mass is 10.2. The molecule has 3 rings (SSSR count). The fourth-order valence-corrected chi connectivity index (χ4v) is 4.70. The second kappa shape index (κ2) is 7.79. The van der Waals surface area contributed by atoms with Crippen LogP contribution in [0.15, 0.2) is 46.7 Å². The molecule has 0 aliphatic heterocycles. The Labute approximate surface area is 161 Å². The van der Waals surface area contributed by atoms with E-state index >= 15 is 0 Å². The van der Waals surface area contributed by atoms with Crippen LogP contribution in [-0.4, -0.2) is 31.9 Å². The molecule has 0 aliphatic rings. The SMILES string of the molecule is COc1ccc(S(=O)(=O)NCC(c2cccs2)n2nc(C)cc2C)cc1F. The molecule has 0 saturated heterocycles. The molecule has 27 heavy (non-hydrogen) atoms. The molecule has 9 heteroatoms. The van der Waals surface area contributed by atoms with Crippen LogP contribution in [-0.2, 0) is 10.0 Å². The van der Waals surface area contributed by atoms with E-state index in [2.05, 4.69) is 9.82 Å². The predicted octanol–water partition coefficient (Wildman–Crippen LogP) is 3.28. The number of thiophene rings is 1. The average molecular weight is 410 g/mol. The van der Waals surface area contributed by atoms with Gasteiger partial charge in [-0.3, -0.25) is 4.68 Å². The third-order valence-corrected chi connectivity index (χ3v) is 6.51. The number of hydrogen-bond acceptors (Lipinski definition) is 5. The molecule has 0 saturated carbocycles. The monoisotopic (exact) mass is 409 g/mol. The van der Waals surface area contributed by atoms with Crippen LogP contribution in [0.4, 0.5) is 4.39 Å². The molecule has 3 aromatic rings. The molecule has 1 atom stereocenters. The molecule has 0 spiro atoms. The Balaban J connectivity index is 1.87. The molecule has 0 aliphatic carbocycles. The van der Waals surface area contributed by atoms with E-state index in [0.717, 1.165) is 22.3 Å². The van der Waals surface area contributed by atoms with Crippen molar-refractivity contribution in [1.82, 2.24) is 14.5 Å². The van der Waals surface area contributed by atoms with Crippen molar-refractivity contribution in [2.75, 3.05) is 13.7 Å². The molecular formula is C18H20FN3O3S2. The number of halogens is 1. The van der Waals surface area contributed by atoms with E-state index in [1.165, 1.54) is 30.6 Å². The summed E-state index contributed by atoms with van der Waals surface area (Å²) in [5.41, 5.74) is 1.79. The number of aromatic nitrogens is 2. The van der Waals surface area contributed by atoms with Crippen LogP contribution in [0.1, 0.15) is 22.3 Å². The van der Waals surface area contributed by atoms with E-state index in [1.807, 2.05) is 37.4 Å². The van der Waals surface area contributed by atoms with Crippen molar-refractivity contribution < 1.29 is 17.5 Å². The van der Waals surface area contributed by atoms with E-state index in [9.17, 15) is 12.8 Å². The van der Waals surface area contributed by atoms with Crippen LogP contribution >= 0.6 is 11.3 Å². The Morgan fingerprint density at radius 3 is 2.63 bits per heavy atom. The van der Waals surface area contributed by atoms with Crippen molar-refractivity contribution in [2.24, 2.45) is 0 Å². The van der Waals surface area contributed by atoms with Gasteiger partial charge in [0.05, 0.1) is 23.7 Å². The molecule has 1 aromatic carbocycles. The Kier molecular flexibility index (Phi) is 5.64. The maximum atomic E-state index is 13.9. The topological polar surface area (TPSA) is 73.2 Å². The van der Waals surface area contributed by atoms with Crippen molar-refractivity contribution in [3.63, 3.8) is 0 Å². The van der Waals surface area contributed by atoms with E-state index in [1.54, 1.807) is 4.68 Å². The van der Waals surface area contributed by atoms with Crippen molar-refractivity contribution in [2.45, 2.75) is 24.8 Å². The van der Waals surface area contributed by atoms with Gasteiger partial charge in [-0.1, -0.05) is 6.07 Å².